The quantitative estimate of drug-likeness (QED) is 0.742. The average Bonchev–Trinajstić information content (AvgIpc) is 2.74. The van der Waals surface area contributed by atoms with Crippen molar-refractivity contribution in [3.05, 3.63) is 0 Å². The monoisotopic (exact) mass is 211 g/mol. The molecule has 1 amide bonds. The van der Waals surface area contributed by atoms with Gasteiger partial charge in [-0.3, -0.25) is 9.80 Å². The van der Waals surface area contributed by atoms with Crippen molar-refractivity contribution in [1.29, 1.82) is 0 Å². The number of nitrogens with one attached hydrogen (secondary N) is 1. The number of amides is 1. The van der Waals surface area contributed by atoms with E-state index in [-0.39, 0.29) is 0 Å². The molecule has 0 spiro atoms. The third kappa shape index (κ3) is 2.32. The molecule has 2 rings (SSSR count). The molecule has 2 fully saturated rings. The summed E-state index contributed by atoms with van der Waals surface area (Å²) in [5, 5.41) is 7.66. The third-order valence-electron chi connectivity index (χ3n) is 3.27. The van der Waals surface area contributed by atoms with Gasteiger partial charge >= 0.3 is 0 Å². The Morgan fingerprint density at radius 1 is 1.53 bits per heavy atom. The summed E-state index contributed by atoms with van der Waals surface area (Å²) in [7, 11) is 0. The molecule has 0 aromatic carbocycles. The highest BCUT2D eigenvalue weighted by Crippen LogP contribution is 2.19. The van der Waals surface area contributed by atoms with Gasteiger partial charge in [-0.1, -0.05) is 6.92 Å². The fraction of sp³-hybridized carbons (Fsp3) is 0.909. The van der Waals surface area contributed by atoms with Crippen molar-refractivity contribution in [2.75, 3.05) is 26.2 Å². The molecule has 1 unspecified atom stereocenters. The minimum absolute atomic E-state index is 0.315. The maximum atomic E-state index is 11.8. The highest BCUT2D eigenvalue weighted by molar-refractivity contribution is 5.76. The molecular weight excluding hydrogens is 190 g/mol. The van der Waals surface area contributed by atoms with Gasteiger partial charge in [0.25, 0.3) is 0 Å². The number of carbonyl (C=O) groups is 1. The molecule has 1 N–H and O–H groups in total. The lowest BCUT2D eigenvalue weighted by molar-refractivity contribution is -0.160. The molecule has 86 valence electrons. The molecule has 0 radical (unpaired) electrons. The molecule has 0 aromatic rings. The summed E-state index contributed by atoms with van der Waals surface area (Å²) in [5.74, 6) is 0.315. The van der Waals surface area contributed by atoms with Crippen molar-refractivity contribution in [1.82, 2.24) is 15.3 Å². The standard InChI is InChI=1S/C11H21N3O/c1-2-7-14-11(15)4-3-8-13(14)10-5-6-12-9-10/h10,12H,2-9H2,1H3. The van der Waals surface area contributed by atoms with Crippen LogP contribution in [-0.4, -0.2) is 48.1 Å². The summed E-state index contributed by atoms with van der Waals surface area (Å²) < 4.78 is 0. The highest BCUT2D eigenvalue weighted by Gasteiger charge is 2.32. The van der Waals surface area contributed by atoms with Crippen LogP contribution in [-0.2, 0) is 4.79 Å². The maximum absolute atomic E-state index is 11.8. The largest absolute Gasteiger partial charge is 0.315 e. The molecule has 2 saturated heterocycles. The van der Waals surface area contributed by atoms with Crippen LogP contribution < -0.4 is 5.32 Å². The predicted molar refractivity (Wildman–Crippen MR) is 59.2 cm³/mol. The van der Waals surface area contributed by atoms with E-state index < -0.39 is 0 Å². The van der Waals surface area contributed by atoms with E-state index in [1.165, 1.54) is 6.42 Å². The van der Waals surface area contributed by atoms with Gasteiger partial charge in [0.05, 0.1) is 0 Å². The zero-order chi connectivity index (χ0) is 10.7. The van der Waals surface area contributed by atoms with Crippen molar-refractivity contribution in [3.8, 4) is 0 Å². The summed E-state index contributed by atoms with van der Waals surface area (Å²) in [6.07, 6.45) is 3.97. The highest BCUT2D eigenvalue weighted by atomic mass is 16.2. The van der Waals surface area contributed by atoms with Crippen LogP contribution in [0, 0.1) is 0 Å². The normalized spacial score (nSPS) is 28.7. The van der Waals surface area contributed by atoms with Gasteiger partial charge in [0.1, 0.15) is 0 Å². The molecule has 1 atom stereocenters. The van der Waals surface area contributed by atoms with E-state index in [9.17, 15) is 4.79 Å². The molecular formula is C11H21N3O. The average molecular weight is 211 g/mol. The number of hydrogen-bond acceptors (Lipinski definition) is 3. The molecule has 2 heterocycles. The van der Waals surface area contributed by atoms with E-state index >= 15 is 0 Å². The number of nitrogens with zero attached hydrogens (tertiary/aromatic N) is 2. The summed E-state index contributed by atoms with van der Waals surface area (Å²) in [5.41, 5.74) is 0. The van der Waals surface area contributed by atoms with Gasteiger partial charge in [0, 0.05) is 32.1 Å². The first-order valence-electron chi connectivity index (χ1n) is 6.10. The van der Waals surface area contributed by atoms with Gasteiger partial charge in [-0.2, -0.15) is 0 Å². The molecule has 2 aliphatic heterocycles. The minimum atomic E-state index is 0.315. The zero-order valence-corrected chi connectivity index (χ0v) is 9.54. The number of carbonyl (C=O) groups excluding carboxylic acids is 1. The van der Waals surface area contributed by atoms with Crippen LogP contribution >= 0.6 is 0 Å². The Hall–Kier alpha value is -0.610. The summed E-state index contributed by atoms with van der Waals surface area (Å²) >= 11 is 0. The molecule has 15 heavy (non-hydrogen) atoms. The second-order valence-electron chi connectivity index (χ2n) is 4.43. The predicted octanol–water partition coefficient (Wildman–Crippen LogP) is 0.598. The van der Waals surface area contributed by atoms with Gasteiger partial charge in [0.2, 0.25) is 5.91 Å². The zero-order valence-electron chi connectivity index (χ0n) is 9.54. The van der Waals surface area contributed by atoms with Crippen molar-refractivity contribution in [3.63, 3.8) is 0 Å². The van der Waals surface area contributed by atoms with Crippen LogP contribution in [0.3, 0.4) is 0 Å². The molecule has 4 nitrogen and oxygen atoms in total. The lowest BCUT2D eigenvalue weighted by Crippen LogP contribution is -2.55. The van der Waals surface area contributed by atoms with Crippen LogP contribution in [0.25, 0.3) is 0 Å². The smallest absolute Gasteiger partial charge is 0.236 e. The molecule has 0 bridgehead atoms. The van der Waals surface area contributed by atoms with E-state index in [4.69, 9.17) is 0 Å². The molecule has 0 saturated carbocycles. The SMILES string of the molecule is CCCN1C(=O)CCCN1C1CCNC1. The maximum Gasteiger partial charge on any atom is 0.236 e. The summed E-state index contributed by atoms with van der Waals surface area (Å²) in [6.45, 7) is 6.20. The molecule has 2 aliphatic rings. The fourth-order valence-corrected chi connectivity index (χ4v) is 2.52. The van der Waals surface area contributed by atoms with Crippen molar-refractivity contribution >= 4 is 5.91 Å². The Morgan fingerprint density at radius 3 is 3.07 bits per heavy atom. The van der Waals surface area contributed by atoms with Crippen LogP contribution in [0.4, 0.5) is 0 Å². The fourth-order valence-electron chi connectivity index (χ4n) is 2.52. The van der Waals surface area contributed by atoms with Crippen LogP contribution in [0.15, 0.2) is 0 Å². The third-order valence-corrected chi connectivity index (χ3v) is 3.27. The topological polar surface area (TPSA) is 35.6 Å². The minimum Gasteiger partial charge on any atom is -0.315 e. The lowest BCUT2D eigenvalue weighted by Gasteiger charge is -2.41. The van der Waals surface area contributed by atoms with E-state index in [1.54, 1.807) is 0 Å². The molecule has 0 aliphatic carbocycles. The van der Waals surface area contributed by atoms with E-state index in [2.05, 4.69) is 17.2 Å². The second-order valence-corrected chi connectivity index (χ2v) is 4.43. The van der Waals surface area contributed by atoms with Crippen LogP contribution in [0.1, 0.15) is 32.6 Å². The van der Waals surface area contributed by atoms with Gasteiger partial charge in [-0.05, 0) is 25.8 Å². The first-order valence-corrected chi connectivity index (χ1v) is 6.10. The number of rotatable bonds is 3. The van der Waals surface area contributed by atoms with Gasteiger partial charge in [-0.25, -0.2) is 5.01 Å². The van der Waals surface area contributed by atoms with Crippen molar-refractivity contribution < 1.29 is 4.79 Å². The number of hydrogen-bond donors (Lipinski definition) is 1. The second kappa shape index (κ2) is 4.94. The van der Waals surface area contributed by atoms with Crippen molar-refractivity contribution in [2.24, 2.45) is 0 Å². The van der Waals surface area contributed by atoms with E-state index in [0.29, 0.717) is 11.9 Å². The molecule has 0 aromatic heterocycles. The van der Waals surface area contributed by atoms with Gasteiger partial charge < -0.3 is 5.32 Å². The van der Waals surface area contributed by atoms with Crippen LogP contribution in [0.2, 0.25) is 0 Å². The summed E-state index contributed by atoms with van der Waals surface area (Å²) in [6, 6.07) is 0.542. The number of hydrazine groups is 1. The lowest BCUT2D eigenvalue weighted by atomic mass is 10.1. The van der Waals surface area contributed by atoms with E-state index in [1.807, 2.05) is 5.01 Å². The summed E-state index contributed by atoms with van der Waals surface area (Å²) in [4.78, 5) is 11.8. The Labute approximate surface area is 91.6 Å². The molecule has 4 heteroatoms. The van der Waals surface area contributed by atoms with E-state index in [0.717, 1.165) is 45.4 Å². The first-order chi connectivity index (χ1) is 7.33. The van der Waals surface area contributed by atoms with Crippen LogP contribution in [0.5, 0.6) is 0 Å². The Balaban J connectivity index is 2.01. The van der Waals surface area contributed by atoms with Crippen molar-refractivity contribution in [2.45, 2.75) is 38.6 Å². The first kappa shape index (κ1) is 10.9. The Kier molecular flexibility index (Phi) is 3.59. The van der Waals surface area contributed by atoms with Gasteiger partial charge in [-0.15, -0.1) is 0 Å². The Morgan fingerprint density at radius 2 is 2.40 bits per heavy atom. The Bertz CT molecular complexity index is 226. The van der Waals surface area contributed by atoms with Gasteiger partial charge in [0.15, 0.2) is 0 Å².